The molecule has 1 aromatic carbocycles. The summed E-state index contributed by atoms with van der Waals surface area (Å²) < 4.78 is 21.2. The second-order valence-corrected chi connectivity index (χ2v) is 9.53. The smallest absolute Gasteiger partial charge is 0.291 e. The summed E-state index contributed by atoms with van der Waals surface area (Å²) in [6, 6.07) is 8.14. The van der Waals surface area contributed by atoms with Gasteiger partial charge in [0.2, 0.25) is 0 Å². The maximum absolute atomic E-state index is 15.6. The van der Waals surface area contributed by atoms with E-state index in [9.17, 15) is 9.59 Å². The van der Waals surface area contributed by atoms with Gasteiger partial charge in [-0.05, 0) is 37.8 Å². The number of nitrogens with one attached hydrogen (secondary N) is 2. The predicted molar refractivity (Wildman–Crippen MR) is 131 cm³/mol. The number of nitrogens with zero attached hydrogens (tertiary/aromatic N) is 3. The Morgan fingerprint density at radius 2 is 2.09 bits per heavy atom. The van der Waals surface area contributed by atoms with Crippen LogP contribution in [0.5, 0.6) is 5.75 Å². The summed E-state index contributed by atoms with van der Waals surface area (Å²) in [5.41, 5.74) is 2.74. The lowest BCUT2D eigenvalue weighted by Gasteiger charge is -2.54. The molecule has 0 spiro atoms. The van der Waals surface area contributed by atoms with Crippen molar-refractivity contribution in [3.8, 4) is 5.75 Å². The van der Waals surface area contributed by atoms with Crippen LogP contribution in [0.15, 0.2) is 35.3 Å². The van der Waals surface area contributed by atoms with Gasteiger partial charge in [0.05, 0.1) is 24.0 Å². The van der Waals surface area contributed by atoms with Crippen molar-refractivity contribution in [3.63, 3.8) is 0 Å². The van der Waals surface area contributed by atoms with Gasteiger partial charge in [0, 0.05) is 55.3 Å². The summed E-state index contributed by atoms with van der Waals surface area (Å²) in [5.74, 6) is -0.211. The fourth-order valence-corrected chi connectivity index (χ4v) is 5.74. The minimum Gasteiger partial charge on any atom is -0.488 e. The van der Waals surface area contributed by atoms with Crippen molar-refractivity contribution in [2.45, 2.75) is 44.3 Å². The Bertz CT molecular complexity index is 1360. The summed E-state index contributed by atoms with van der Waals surface area (Å²) in [6.45, 7) is 2.62. The van der Waals surface area contributed by atoms with Crippen molar-refractivity contribution < 1.29 is 13.9 Å². The molecule has 182 valence electrons. The molecular formula is C26H28FN5O3. The SMILES string of the molecule is CNC(=O)c1ccc(N2CCN(Cc3ccc4c5c(c(=O)[nH]c4c3F)OCCC5)[C@@H]3CC[C@@H]32)cn1. The second kappa shape index (κ2) is 8.64. The number of benzene rings is 1. The Morgan fingerprint density at radius 1 is 1.23 bits per heavy atom. The summed E-state index contributed by atoms with van der Waals surface area (Å²) in [4.78, 5) is 36.0. The van der Waals surface area contributed by atoms with Gasteiger partial charge in [-0.1, -0.05) is 12.1 Å². The van der Waals surface area contributed by atoms with E-state index < -0.39 is 0 Å². The molecule has 4 heterocycles. The van der Waals surface area contributed by atoms with E-state index in [0.29, 0.717) is 42.2 Å². The van der Waals surface area contributed by atoms with Crippen molar-refractivity contribution in [1.29, 1.82) is 0 Å². The van der Waals surface area contributed by atoms with Gasteiger partial charge >= 0.3 is 0 Å². The van der Waals surface area contributed by atoms with Gasteiger partial charge in [0.1, 0.15) is 5.69 Å². The van der Waals surface area contributed by atoms with Crippen molar-refractivity contribution in [1.82, 2.24) is 20.2 Å². The van der Waals surface area contributed by atoms with E-state index in [0.717, 1.165) is 55.4 Å². The second-order valence-electron chi connectivity index (χ2n) is 9.53. The number of rotatable bonds is 4. The molecule has 2 fully saturated rings. The van der Waals surface area contributed by atoms with Crippen LogP contribution in [0.3, 0.4) is 0 Å². The number of anilines is 1. The topological polar surface area (TPSA) is 90.6 Å². The van der Waals surface area contributed by atoms with Gasteiger partial charge in [0.15, 0.2) is 11.6 Å². The fraction of sp³-hybridized carbons (Fsp3) is 0.423. The number of carbonyl (C=O) groups excluding carboxylic acids is 1. The van der Waals surface area contributed by atoms with Gasteiger partial charge in [-0.2, -0.15) is 0 Å². The van der Waals surface area contributed by atoms with Gasteiger partial charge in [-0.25, -0.2) is 9.37 Å². The van der Waals surface area contributed by atoms with Gasteiger partial charge < -0.3 is 19.9 Å². The standard InChI is InChI=1S/C26H28FN5O3/c1-28-25(33)19-7-5-16(13-29-19)32-11-10-31(20-8-9-21(20)32)14-15-4-6-17-18-3-2-12-35-24(18)26(34)30-23(17)22(15)27/h4-7,13,20-21H,2-3,8-12,14H2,1H3,(H,28,33)(H,30,34)/t20-,21+/m1/s1. The van der Waals surface area contributed by atoms with Gasteiger partial charge in [-0.3, -0.25) is 14.5 Å². The van der Waals surface area contributed by atoms with E-state index in [1.165, 1.54) is 0 Å². The summed E-state index contributed by atoms with van der Waals surface area (Å²) in [7, 11) is 1.59. The third kappa shape index (κ3) is 3.65. The van der Waals surface area contributed by atoms with E-state index in [1.54, 1.807) is 19.3 Å². The molecule has 8 nitrogen and oxygen atoms in total. The summed E-state index contributed by atoms with van der Waals surface area (Å²) in [5, 5.41) is 3.33. The highest BCUT2D eigenvalue weighted by Gasteiger charge is 2.43. The quantitative estimate of drug-likeness (QED) is 0.601. The Morgan fingerprint density at radius 3 is 2.83 bits per heavy atom. The molecule has 35 heavy (non-hydrogen) atoms. The summed E-state index contributed by atoms with van der Waals surface area (Å²) in [6.07, 6.45) is 5.44. The van der Waals surface area contributed by atoms with E-state index in [4.69, 9.17) is 4.74 Å². The maximum Gasteiger partial charge on any atom is 0.291 e. The zero-order valence-corrected chi connectivity index (χ0v) is 19.6. The molecule has 9 heteroatoms. The first kappa shape index (κ1) is 22.0. The number of halogens is 1. The number of piperazine rings is 1. The van der Waals surface area contributed by atoms with E-state index in [1.807, 2.05) is 18.2 Å². The van der Waals surface area contributed by atoms with Crippen molar-refractivity contribution >= 4 is 22.5 Å². The zero-order valence-electron chi connectivity index (χ0n) is 19.6. The Labute approximate surface area is 202 Å². The number of H-pyrrole nitrogens is 1. The Balaban J connectivity index is 1.22. The molecule has 6 rings (SSSR count). The van der Waals surface area contributed by atoms with Crippen LogP contribution in [0.2, 0.25) is 0 Å². The third-order valence-corrected chi connectivity index (χ3v) is 7.70. The number of pyridine rings is 2. The van der Waals surface area contributed by atoms with Crippen LogP contribution in [0, 0.1) is 5.82 Å². The lowest BCUT2D eigenvalue weighted by atomic mass is 9.81. The molecule has 1 saturated heterocycles. The Hall–Kier alpha value is -3.46. The number of aryl methyl sites for hydroxylation is 1. The average molecular weight is 478 g/mol. The number of ether oxygens (including phenoxy) is 1. The van der Waals surface area contributed by atoms with E-state index in [-0.39, 0.29) is 22.8 Å². The van der Waals surface area contributed by atoms with Crippen LogP contribution < -0.4 is 20.5 Å². The van der Waals surface area contributed by atoms with E-state index in [2.05, 4.69) is 25.1 Å². The van der Waals surface area contributed by atoms with Crippen LogP contribution >= 0.6 is 0 Å². The normalized spacial score (nSPS) is 21.6. The Kier molecular flexibility index (Phi) is 5.44. The zero-order chi connectivity index (χ0) is 24.1. The first-order valence-corrected chi connectivity index (χ1v) is 12.2. The van der Waals surface area contributed by atoms with Gasteiger partial charge in [-0.15, -0.1) is 0 Å². The van der Waals surface area contributed by atoms with Crippen molar-refractivity contribution in [2.24, 2.45) is 0 Å². The van der Waals surface area contributed by atoms with Crippen LogP contribution in [-0.2, 0) is 13.0 Å². The molecule has 3 aromatic rings. The van der Waals surface area contributed by atoms with E-state index >= 15 is 4.39 Å². The number of fused-ring (bicyclic) bond motifs is 4. The molecule has 0 unspecified atom stereocenters. The molecule has 1 saturated carbocycles. The molecule has 0 radical (unpaired) electrons. The molecule has 2 N–H and O–H groups in total. The number of amides is 1. The molecule has 2 atom stereocenters. The first-order valence-electron chi connectivity index (χ1n) is 12.2. The average Bonchev–Trinajstić information content (AvgIpc) is 2.87. The van der Waals surface area contributed by atoms with Crippen molar-refractivity contribution in [3.05, 3.63) is 63.5 Å². The molecular weight excluding hydrogens is 449 g/mol. The molecule has 1 aliphatic carbocycles. The molecule has 2 aromatic heterocycles. The highest BCUT2D eigenvalue weighted by molar-refractivity contribution is 5.92. The van der Waals surface area contributed by atoms with Gasteiger partial charge in [0.25, 0.3) is 11.5 Å². The molecule has 0 bridgehead atoms. The van der Waals surface area contributed by atoms with Crippen LogP contribution in [0.1, 0.15) is 40.9 Å². The van der Waals surface area contributed by atoms with Crippen LogP contribution in [0.25, 0.3) is 10.9 Å². The highest BCUT2D eigenvalue weighted by atomic mass is 19.1. The fourth-order valence-electron chi connectivity index (χ4n) is 5.74. The molecule has 3 aliphatic rings. The number of aromatic nitrogens is 2. The number of hydrogen-bond acceptors (Lipinski definition) is 6. The number of carbonyl (C=O) groups is 1. The number of hydrogen-bond donors (Lipinski definition) is 2. The van der Waals surface area contributed by atoms with Crippen LogP contribution in [0.4, 0.5) is 10.1 Å². The first-order chi connectivity index (χ1) is 17.0. The summed E-state index contributed by atoms with van der Waals surface area (Å²) >= 11 is 0. The lowest BCUT2D eigenvalue weighted by Crippen LogP contribution is -2.64. The van der Waals surface area contributed by atoms with Crippen LogP contribution in [-0.4, -0.2) is 59.6 Å². The predicted octanol–water partition coefficient (Wildman–Crippen LogP) is 2.60. The highest BCUT2D eigenvalue weighted by Crippen LogP contribution is 2.38. The number of aromatic amines is 1. The largest absolute Gasteiger partial charge is 0.488 e. The molecule has 2 aliphatic heterocycles. The third-order valence-electron chi connectivity index (χ3n) is 7.70. The van der Waals surface area contributed by atoms with Crippen molar-refractivity contribution in [2.75, 3.05) is 31.6 Å². The lowest BCUT2D eigenvalue weighted by molar-refractivity contribution is 0.0650. The molecule has 1 amide bonds. The minimum absolute atomic E-state index is 0.199. The minimum atomic E-state index is -0.355. The monoisotopic (exact) mass is 477 g/mol. The maximum atomic E-state index is 15.6.